The minimum atomic E-state index is -0.504. The number of carbonyl (C=O) groups is 2. The van der Waals surface area contributed by atoms with Crippen LogP contribution in [0, 0.1) is 5.82 Å². The number of benzene rings is 2. The smallest absolute Gasteiger partial charge is 0.258 e. The molecule has 9 nitrogen and oxygen atoms in total. The summed E-state index contributed by atoms with van der Waals surface area (Å²) in [7, 11) is 4.42. The number of methoxy groups -OCH3 is 2. The van der Waals surface area contributed by atoms with Crippen LogP contribution in [0.25, 0.3) is 16.7 Å². The molecule has 2 aromatic carbocycles. The summed E-state index contributed by atoms with van der Waals surface area (Å²) in [6.45, 7) is -0.0639. The van der Waals surface area contributed by atoms with Crippen molar-refractivity contribution in [2.45, 2.75) is 0 Å². The van der Waals surface area contributed by atoms with Crippen LogP contribution in [-0.2, 0) is 9.53 Å². The predicted molar refractivity (Wildman–Crippen MR) is 125 cm³/mol. The number of ether oxygens (including phenoxy) is 2. The lowest BCUT2D eigenvalue weighted by Crippen LogP contribution is -2.26. The molecule has 1 N–H and O–H groups in total. The number of hydrogen-bond acceptors (Lipinski definition) is 6. The van der Waals surface area contributed by atoms with Gasteiger partial charge in [-0.2, -0.15) is 0 Å². The first kappa shape index (κ1) is 22.9. The Kier molecular flexibility index (Phi) is 6.51. The standard InChI is InChI=1S/C24H22FN5O4/c1-29(16-5-7-18(25)21(11-16)34-3)24(32)15-4-8-19-20(10-15)30(14-27-19)17-6-9-22(26-12-17)28-23(31)13-33-2/h4-12,14H,13H2,1-3H3,(H,26,28,31). The van der Waals surface area contributed by atoms with Crippen LogP contribution in [0.4, 0.5) is 15.9 Å². The highest BCUT2D eigenvalue weighted by molar-refractivity contribution is 6.07. The van der Waals surface area contributed by atoms with Crippen LogP contribution in [-0.4, -0.2) is 54.2 Å². The molecule has 10 heteroatoms. The number of hydrogen-bond donors (Lipinski definition) is 1. The van der Waals surface area contributed by atoms with Gasteiger partial charge in [0.2, 0.25) is 0 Å². The first-order valence-electron chi connectivity index (χ1n) is 10.2. The van der Waals surface area contributed by atoms with Gasteiger partial charge in [0.1, 0.15) is 18.8 Å². The Labute approximate surface area is 194 Å². The van der Waals surface area contributed by atoms with E-state index in [4.69, 9.17) is 9.47 Å². The van der Waals surface area contributed by atoms with Gasteiger partial charge in [-0.15, -0.1) is 0 Å². The van der Waals surface area contributed by atoms with Crippen molar-refractivity contribution in [3.63, 3.8) is 0 Å². The molecule has 0 unspecified atom stereocenters. The summed E-state index contributed by atoms with van der Waals surface area (Å²) >= 11 is 0. The number of nitrogens with zero attached hydrogens (tertiary/aromatic N) is 4. The average Bonchev–Trinajstić information content (AvgIpc) is 3.27. The molecule has 2 aromatic heterocycles. The van der Waals surface area contributed by atoms with E-state index < -0.39 is 5.82 Å². The number of carbonyl (C=O) groups excluding carboxylic acids is 2. The number of fused-ring (bicyclic) bond motifs is 1. The van der Waals surface area contributed by atoms with Crippen molar-refractivity contribution < 1.29 is 23.5 Å². The lowest BCUT2D eigenvalue weighted by Gasteiger charge is -2.18. The zero-order valence-corrected chi connectivity index (χ0v) is 18.8. The van der Waals surface area contributed by atoms with Gasteiger partial charge in [-0.3, -0.25) is 14.2 Å². The zero-order valence-electron chi connectivity index (χ0n) is 18.8. The van der Waals surface area contributed by atoms with Crippen LogP contribution < -0.4 is 15.0 Å². The summed E-state index contributed by atoms with van der Waals surface area (Å²) in [5, 5.41) is 2.63. The number of halogens is 1. The molecule has 4 rings (SSSR count). The number of nitrogens with one attached hydrogen (secondary N) is 1. The van der Waals surface area contributed by atoms with Crippen molar-refractivity contribution in [3.8, 4) is 11.4 Å². The Morgan fingerprint density at radius 1 is 1.09 bits per heavy atom. The topological polar surface area (TPSA) is 98.6 Å². The van der Waals surface area contributed by atoms with E-state index in [-0.39, 0.29) is 24.2 Å². The molecule has 0 aliphatic rings. The maximum atomic E-state index is 13.8. The number of pyridine rings is 1. The number of anilines is 2. The highest BCUT2D eigenvalue weighted by Gasteiger charge is 2.17. The van der Waals surface area contributed by atoms with Crippen molar-refractivity contribution in [1.29, 1.82) is 0 Å². The molecular weight excluding hydrogens is 441 g/mol. The molecule has 0 saturated carbocycles. The number of rotatable bonds is 7. The molecule has 0 bridgehead atoms. The summed E-state index contributed by atoms with van der Waals surface area (Å²) < 4.78 is 25.4. The van der Waals surface area contributed by atoms with Crippen molar-refractivity contribution in [2.24, 2.45) is 0 Å². The third-order valence-corrected chi connectivity index (χ3v) is 5.19. The van der Waals surface area contributed by atoms with Crippen molar-refractivity contribution in [3.05, 3.63) is 72.4 Å². The molecule has 4 aromatic rings. The molecule has 0 spiro atoms. The fourth-order valence-electron chi connectivity index (χ4n) is 3.43. The maximum absolute atomic E-state index is 13.8. The Morgan fingerprint density at radius 3 is 2.62 bits per heavy atom. The second kappa shape index (κ2) is 9.67. The fourth-order valence-corrected chi connectivity index (χ4v) is 3.43. The molecule has 0 radical (unpaired) electrons. The summed E-state index contributed by atoms with van der Waals surface area (Å²) in [5.74, 6) is -0.641. The van der Waals surface area contributed by atoms with E-state index in [1.165, 1.54) is 37.3 Å². The lowest BCUT2D eigenvalue weighted by molar-refractivity contribution is -0.119. The largest absolute Gasteiger partial charge is 0.494 e. The van der Waals surface area contributed by atoms with Gasteiger partial charge in [0, 0.05) is 31.5 Å². The van der Waals surface area contributed by atoms with E-state index in [1.54, 1.807) is 54.5 Å². The van der Waals surface area contributed by atoms with Gasteiger partial charge in [-0.05, 0) is 42.5 Å². The SMILES string of the molecule is COCC(=O)Nc1ccc(-n2cnc3ccc(C(=O)N(C)c4ccc(F)c(OC)c4)cc32)cn1. The summed E-state index contributed by atoms with van der Waals surface area (Å²) in [6, 6.07) is 12.9. The molecule has 34 heavy (non-hydrogen) atoms. The van der Waals surface area contributed by atoms with Gasteiger partial charge in [-0.25, -0.2) is 14.4 Å². The van der Waals surface area contributed by atoms with Crippen LogP contribution in [0.2, 0.25) is 0 Å². The normalized spacial score (nSPS) is 10.8. The first-order valence-corrected chi connectivity index (χ1v) is 10.2. The minimum Gasteiger partial charge on any atom is -0.494 e. The van der Waals surface area contributed by atoms with Gasteiger partial charge in [0.25, 0.3) is 11.8 Å². The number of imidazole rings is 1. The van der Waals surface area contributed by atoms with E-state index >= 15 is 0 Å². The third-order valence-electron chi connectivity index (χ3n) is 5.19. The molecule has 2 heterocycles. The summed E-state index contributed by atoms with van der Waals surface area (Å²) in [6.07, 6.45) is 3.22. The molecule has 0 atom stereocenters. The Bertz CT molecular complexity index is 1350. The molecular formula is C24H22FN5O4. The van der Waals surface area contributed by atoms with E-state index in [9.17, 15) is 14.0 Å². The van der Waals surface area contributed by atoms with E-state index in [0.717, 1.165) is 0 Å². The quantitative estimate of drug-likeness (QED) is 0.451. The second-order valence-corrected chi connectivity index (χ2v) is 7.38. The highest BCUT2D eigenvalue weighted by atomic mass is 19.1. The van der Waals surface area contributed by atoms with E-state index in [2.05, 4.69) is 15.3 Å². The number of amides is 2. The monoisotopic (exact) mass is 463 g/mol. The zero-order chi connectivity index (χ0) is 24.2. The molecule has 0 aliphatic heterocycles. The van der Waals surface area contributed by atoms with Gasteiger partial charge in [-0.1, -0.05) is 0 Å². The van der Waals surface area contributed by atoms with Crippen LogP contribution in [0.1, 0.15) is 10.4 Å². The second-order valence-electron chi connectivity index (χ2n) is 7.38. The lowest BCUT2D eigenvalue weighted by atomic mass is 10.1. The molecule has 0 aliphatic carbocycles. The van der Waals surface area contributed by atoms with Gasteiger partial charge in [0.05, 0.1) is 30.0 Å². The van der Waals surface area contributed by atoms with E-state index in [0.29, 0.717) is 33.8 Å². The van der Waals surface area contributed by atoms with Crippen molar-refractivity contribution >= 4 is 34.4 Å². The van der Waals surface area contributed by atoms with Gasteiger partial charge < -0.3 is 19.7 Å². The third kappa shape index (κ3) is 4.57. The van der Waals surface area contributed by atoms with Crippen LogP contribution >= 0.6 is 0 Å². The Hall–Kier alpha value is -4.31. The summed E-state index contributed by atoms with van der Waals surface area (Å²) in [4.78, 5) is 34.9. The maximum Gasteiger partial charge on any atom is 0.258 e. The van der Waals surface area contributed by atoms with Crippen LogP contribution in [0.15, 0.2) is 61.1 Å². The van der Waals surface area contributed by atoms with Crippen molar-refractivity contribution in [1.82, 2.24) is 14.5 Å². The first-order chi connectivity index (χ1) is 16.4. The van der Waals surface area contributed by atoms with E-state index in [1.807, 2.05) is 0 Å². The van der Waals surface area contributed by atoms with Crippen molar-refractivity contribution in [2.75, 3.05) is 38.1 Å². The molecule has 174 valence electrons. The van der Waals surface area contributed by atoms with Crippen LogP contribution in [0.3, 0.4) is 0 Å². The summed E-state index contributed by atoms with van der Waals surface area (Å²) in [5.41, 5.74) is 3.02. The predicted octanol–water partition coefficient (Wildman–Crippen LogP) is 3.43. The molecule has 0 saturated heterocycles. The van der Waals surface area contributed by atoms with Gasteiger partial charge in [0.15, 0.2) is 11.6 Å². The molecule has 0 fully saturated rings. The average molecular weight is 463 g/mol. The fraction of sp³-hybridized carbons (Fsp3) is 0.167. The molecule has 2 amide bonds. The Morgan fingerprint density at radius 2 is 1.91 bits per heavy atom. The Balaban J connectivity index is 1.61. The van der Waals surface area contributed by atoms with Crippen LogP contribution in [0.5, 0.6) is 5.75 Å². The number of aromatic nitrogens is 3. The van der Waals surface area contributed by atoms with Gasteiger partial charge >= 0.3 is 0 Å². The minimum absolute atomic E-state index is 0.0556. The highest BCUT2D eigenvalue weighted by Crippen LogP contribution is 2.26.